The van der Waals surface area contributed by atoms with Crippen LogP contribution in [0.4, 0.5) is 5.69 Å². The van der Waals surface area contributed by atoms with Gasteiger partial charge in [0, 0.05) is 16.7 Å². The third-order valence-corrected chi connectivity index (χ3v) is 4.88. The molecule has 4 aromatic carbocycles. The first kappa shape index (κ1) is 17.9. The van der Waals surface area contributed by atoms with Gasteiger partial charge in [0.15, 0.2) is 5.78 Å². The Bertz CT molecular complexity index is 1130. The van der Waals surface area contributed by atoms with Crippen molar-refractivity contribution in [3.63, 3.8) is 0 Å². The number of aryl methyl sites for hydroxylation is 1. The summed E-state index contributed by atoms with van der Waals surface area (Å²) in [5.41, 5.74) is 5.77. The Kier molecular flexibility index (Phi) is 4.86. The maximum atomic E-state index is 11.8. The van der Waals surface area contributed by atoms with E-state index in [4.69, 9.17) is 4.99 Å². The number of hydrogen-bond donors (Lipinski definition) is 0. The van der Waals surface area contributed by atoms with Crippen molar-refractivity contribution in [2.24, 2.45) is 4.99 Å². The average Bonchev–Trinajstić information content (AvgIpc) is 2.72. The molecule has 0 radical (unpaired) electrons. The fraction of sp³-hybridized carbons (Fsp3) is 0.0769. The van der Waals surface area contributed by atoms with Crippen molar-refractivity contribution in [3.8, 4) is 0 Å². The maximum absolute atomic E-state index is 11.8. The van der Waals surface area contributed by atoms with Gasteiger partial charge in [-0.05, 0) is 48.4 Å². The van der Waals surface area contributed by atoms with Gasteiger partial charge >= 0.3 is 0 Å². The SMILES string of the molecule is CC(=O)c1cc2ccc(N=C(c3ccccc3)c3ccccc3)cc2cc1C. The lowest BCUT2D eigenvalue weighted by atomic mass is 9.99. The predicted octanol–water partition coefficient (Wildman–Crippen LogP) is 6.52. The van der Waals surface area contributed by atoms with Gasteiger partial charge in [0.1, 0.15) is 0 Å². The molecule has 0 fully saturated rings. The second kappa shape index (κ2) is 7.61. The highest BCUT2D eigenvalue weighted by molar-refractivity contribution is 6.14. The van der Waals surface area contributed by atoms with Crippen LogP contribution < -0.4 is 0 Å². The van der Waals surface area contributed by atoms with Gasteiger partial charge in [0.2, 0.25) is 0 Å². The summed E-state index contributed by atoms with van der Waals surface area (Å²) >= 11 is 0. The van der Waals surface area contributed by atoms with Crippen molar-refractivity contribution < 1.29 is 4.79 Å². The van der Waals surface area contributed by atoms with Crippen LogP contribution in [-0.4, -0.2) is 11.5 Å². The fourth-order valence-corrected chi connectivity index (χ4v) is 3.46. The first-order chi connectivity index (χ1) is 13.6. The van der Waals surface area contributed by atoms with Crippen molar-refractivity contribution in [2.45, 2.75) is 13.8 Å². The van der Waals surface area contributed by atoms with E-state index in [0.717, 1.165) is 44.4 Å². The molecule has 0 saturated heterocycles. The molecule has 4 aromatic rings. The number of rotatable bonds is 4. The number of ketones is 1. The van der Waals surface area contributed by atoms with Gasteiger partial charge in [0.25, 0.3) is 0 Å². The molecule has 0 N–H and O–H groups in total. The van der Waals surface area contributed by atoms with Crippen LogP contribution in [0.15, 0.2) is 96.0 Å². The standard InChI is InChI=1S/C26H21NO/c1-18-15-23-16-24(14-13-22(23)17-25(18)19(2)28)27-26(20-9-5-3-6-10-20)21-11-7-4-8-12-21/h3-17H,1-2H3. The molecule has 28 heavy (non-hydrogen) atoms. The Balaban J connectivity index is 1.85. The highest BCUT2D eigenvalue weighted by Gasteiger charge is 2.09. The zero-order chi connectivity index (χ0) is 19.5. The third kappa shape index (κ3) is 3.63. The Morgan fingerprint density at radius 1 is 0.714 bits per heavy atom. The number of carbonyl (C=O) groups excluding carboxylic acids is 1. The molecule has 0 aliphatic rings. The van der Waals surface area contributed by atoms with Gasteiger partial charge in [-0.1, -0.05) is 72.8 Å². The number of fused-ring (bicyclic) bond motifs is 1. The Hall–Kier alpha value is -3.52. The van der Waals surface area contributed by atoms with E-state index >= 15 is 0 Å². The molecule has 0 aliphatic carbocycles. The summed E-state index contributed by atoms with van der Waals surface area (Å²) in [5.74, 6) is 0.0944. The minimum atomic E-state index is 0.0944. The molecule has 2 nitrogen and oxygen atoms in total. The smallest absolute Gasteiger partial charge is 0.160 e. The normalized spacial score (nSPS) is 10.6. The zero-order valence-electron chi connectivity index (χ0n) is 16.0. The van der Waals surface area contributed by atoms with Gasteiger partial charge < -0.3 is 0 Å². The minimum Gasteiger partial charge on any atom is -0.295 e. The summed E-state index contributed by atoms with van der Waals surface area (Å²) in [4.78, 5) is 16.8. The van der Waals surface area contributed by atoms with Crippen molar-refractivity contribution in [3.05, 3.63) is 113 Å². The number of carbonyl (C=O) groups is 1. The fourth-order valence-electron chi connectivity index (χ4n) is 3.46. The van der Waals surface area contributed by atoms with Gasteiger partial charge in [-0.2, -0.15) is 0 Å². The molecule has 4 rings (SSSR count). The highest BCUT2D eigenvalue weighted by atomic mass is 16.1. The highest BCUT2D eigenvalue weighted by Crippen LogP contribution is 2.26. The predicted molar refractivity (Wildman–Crippen MR) is 117 cm³/mol. The van der Waals surface area contributed by atoms with Gasteiger partial charge in [-0.25, -0.2) is 4.99 Å². The van der Waals surface area contributed by atoms with E-state index in [1.807, 2.05) is 61.5 Å². The quantitative estimate of drug-likeness (QED) is 0.300. The van der Waals surface area contributed by atoms with Crippen LogP contribution >= 0.6 is 0 Å². The average molecular weight is 363 g/mol. The van der Waals surface area contributed by atoms with Crippen LogP contribution in [0.2, 0.25) is 0 Å². The number of aliphatic imine (C=N–C) groups is 1. The Labute approximate surface area is 165 Å². The van der Waals surface area contributed by atoms with Crippen LogP contribution in [0.5, 0.6) is 0 Å². The molecule has 0 atom stereocenters. The Morgan fingerprint density at radius 2 is 1.32 bits per heavy atom. The zero-order valence-corrected chi connectivity index (χ0v) is 16.0. The topological polar surface area (TPSA) is 29.4 Å². The molecule has 2 heteroatoms. The van der Waals surface area contributed by atoms with Crippen molar-refractivity contribution >= 4 is 28.0 Å². The summed E-state index contributed by atoms with van der Waals surface area (Å²) in [6.45, 7) is 3.59. The molecule has 0 amide bonds. The monoisotopic (exact) mass is 363 g/mol. The molecule has 0 aliphatic heterocycles. The summed E-state index contributed by atoms with van der Waals surface area (Å²) in [5, 5.41) is 2.14. The maximum Gasteiger partial charge on any atom is 0.160 e. The van der Waals surface area contributed by atoms with Crippen molar-refractivity contribution in [1.82, 2.24) is 0 Å². The second-order valence-corrected chi connectivity index (χ2v) is 6.95. The van der Waals surface area contributed by atoms with Gasteiger partial charge in [0.05, 0.1) is 11.4 Å². The lowest BCUT2D eigenvalue weighted by Crippen LogP contribution is -2.02. The summed E-state index contributed by atoms with van der Waals surface area (Å²) in [7, 11) is 0. The summed E-state index contributed by atoms with van der Waals surface area (Å²) in [6.07, 6.45) is 0. The lowest BCUT2D eigenvalue weighted by Gasteiger charge is -2.09. The van der Waals surface area contributed by atoms with Crippen molar-refractivity contribution in [2.75, 3.05) is 0 Å². The lowest BCUT2D eigenvalue weighted by molar-refractivity contribution is 0.101. The molecule has 0 aromatic heterocycles. The molecule has 0 saturated carbocycles. The van der Waals surface area contributed by atoms with Gasteiger partial charge in [-0.15, -0.1) is 0 Å². The van der Waals surface area contributed by atoms with Crippen LogP contribution in [-0.2, 0) is 0 Å². The molecule has 0 heterocycles. The minimum absolute atomic E-state index is 0.0944. The molecular weight excluding hydrogens is 342 g/mol. The van der Waals surface area contributed by atoms with Crippen LogP contribution in [0, 0.1) is 6.92 Å². The van der Waals surface area contributed by atoms with E-state index in [0.29, 0.717) is 0 Å². The first-order valence-electron chi connectivity index (χ1n) is 9.37. The second-order valence-electron chi connectivity index (χ2n) is 6.95. The summed E-state index contributed by atoms with van der Waals surface area (Å²) in [6, 6.07) is 30.6. The van der Waals surface area contributed by atoms with E-state index in [9.17, 15) is 4.79 Å². The van der Waals surface area contributed by atoms with Crippen LogP contribution in [0.3, 0.4) is 0 Å². The van der Waals surface area contributed by atoms with Crippen LogP contribution in [0.1, 0.15) is 34.0 Å². The van der Waals surface area contributed by atoms with E-state index in [2.05, 4.69) is 36.4 Å². The van der Waals surface area contributed by atoms with Crippen LogP contribution in [0.25, 0.3) is 10.8 Å². The first-order valence-corrected chi connectivity index (χ1v) is 9.37. The van der Waals surface area contributed by atoms with Gasteiger partial charge in [-0.3, -0.25) is 4.79 Å². The number of benzene rings is 4. The molecule has 136 valence electrons. The number of Topliss-reactive ketones (excluding diaryl/α,β-unsaturated/α-hetero) is 1. The van der Waals surface area contributed by atoms with Crippen molar-refractivity contribution in [1.29, 1.82) is 0 Å². The Morgan fingerprint density at radius 3 is 1.89 bits per heavy atom. The van der Waals surface area contributed by atoms with E-state index in [1.165, 1.54) is 0 Å². The largest absolute Gasteiger partial charge is 0.295 e. The molecule has 0 bridgehead atoms. The third-order valence-electron chi connectivity index (χ3n) is 4.88. The number of nitrogens with zero attached hydrogens (tertiary/aromatic N) is 1. The molecule has 0 spiro atoms. The van der Waals surface area contributed by atoms with E-state index in [-0.39, 0.29) is 5.78 Å². The van der Waals surface area contributed by atoms with E-state index in [1.54, 1.807) is 6.92 Å². The molecule has 0 unspecified atom stereocenters. The van der Waals surface area contributed by atoms with E-state index < -0.39 is 0 Å². The molecular formula is C26H21NO. The summed E-state index contributed by atoms with van der Waals surface area (Å²) < 4.78 is 0. The number of hydrogen-bond acceptors (Lipinski definition) is 2.